The van der Waals surface area contributed by atoms with Crippen molar-refractivity contribution in [2.24, 2.45) is 10.7 Å². The lowest BCUT2D eigenvalue weighted by Crippen LogP contribution is -2.09. The number of rotatable bonds is 2. The molecule has 0 radical (unpaired) electrons. The summed E-state index contributed by atoms with van der Waals surface area (Å²) in [4.78, 5) is 3.76. The Hall–Kier alpha value is -0.985. The van der Waals surface area contributed by atoms with Crippen LogP contribution in [0.1, 0.15) is 0 Å². The Morgan fingerprint density at radius 1 is 1.75 bits per heavy atom. The Morgan fingerprint density at radius 3 is 2.75 bits per heavy atom. The van der Waals surface area contributed by atoms with Gasteiger partial charge in [0.15, 0.2) is 7.85 Å². The molecule has 0 heterocycles. The normalized spacial score (nSPS) is 12.2. The third kappa shape index (κ3) is 5.01. The van der Waals surface area contributed by atoms with Crippen molar-refractivity contribution in [3.05, 3.63) is 24.9 Å². The summed E-state index contributed by atoms with van der Waals surface area (Å²) >= 11 is 0. The van der Waals surface area contributed by atoms with E-state index in [1.54, 1.807) is 26.2 Å². The fourth-order valence-corrected chi connectivity index (χ4v) is 0.221. The van der Waals surface area contributed by atoms with Gasteiger partial charge in [-0.1, -0.05) is 12.7 Å². The first-order chi connectivity index (χ1) is 3.77. The highest BCUT2D eigenvalue weighted by molar-refractivity contribution is 6.58. The fraction of sp³-hybridized carbons (Fsp3) is 0. The molecule has 0 aliphatic carbocycles. The number of allylic oxidation sites excluding steroid dienone is 2. The smallest absolute Gasteiger partial charge is 0.185 e. The van der Waals surface area contributed by atoms with E-state index in [-0.39, 0.29) is 0 Å². The summed E-state index contributed by atoms with van der Waals surface area (Å²) in [6.45, 7) is 3.46. The van der Waals surface area contributed by atoms with Crippen LogP contribution in [-0.2, 0) is 0 Å². The Kier molecular flexibility index (Phi) is 3.67. The number of hydrogen-bond donors (Lipinski definition) is 1. The van der Waals surface area contributed by atoms with Crippen LogP contribution in [0.25, 0.3) is 0 Å². The number of nitrogens with zero attached hydrogens (tertiary/aromatic N) is 1. The van der Waals surface area contributed by atoms with E-state index in [4.69, 9.17) is 5.73 Å². The first-order valence-electron chi connectivity index (χ1n) is 2.35. The summed E-state index contributed by atoms with van der Waals surface area (Å²) in [5, 5.41) is 0. The monoisotopic (exact) mass is 108 g/mol. The van der Waals surface area contributed by atoms with Crippen LogP contribution in [0.3, 0.4) is 0 Å². The molecule has 0 saturated heterocycles. The SMILES string of the molecule is B/C(N)=N/C=C\C=C. The van der Waals surface area contributed by atoms with Crippen molar-refractivity contribution < 1.29 is 0 Å². The zero-order valence-electron chi connectivity index (χ0n) is 4.96. The van der Waals surface area contributed by atoms with E-state index in [2.05, 4.69) is 11.6 Å². The second kappa shape index (κ2) is 4.18. The highest BCUT2D eigenvalue weighted by atomic mass is 14.8. The van der Waals surface area contributed by atoms with Crippen molar-refractivity contribution in [2.45, 2.75) is 0 Å². The molecule has 3 heteroatoms. The molecule has 0 aromatic heterocycles. The summed E-state index contributed by atoms with van der Waals surface area (Å²) in [6, 6.07) is 0. The second-order valence-corrected chi connectivity index (χ2v) is 1.35. The van der Waals surface area contributed by atoms with E-state index in [0.29, 0.717) is 5.73 Å². The maximum absolute atomic E-state index is 5.20. The summed E-state index contributed by atoms with van der Waals surface area (Å²) in [5.74, 6) is 0. The van der Waals surface area contributed by atoms with E-state index in [1.807, 2.05) is 0 Å². The molecule has 0 atom stereocenters. The summed E-state index contributed by atoms with van der Waals surface area (Å²) in [6.07, 6.45) is 4.96. The van der Waals surface area contributed by atoms with Crippen LogP contribution < -0.4 is 5.73 Å². The fourth-order valence-electron chi connectivity index (χ4n) is 0.221. The molecule has 0 spiro atoms. The maximum Gasteiger partial charge on any atom is 0.185 e. The average molecular weight is 108 g/mol. The molecule has 0 rings (SSSR count). The molecule has 0 unspecified atom stereocenters. The number of amidine groups is 1. The first kappa shape index (κ1) is 7.01. The van der Waals surface area contributed by atoms with Crippen LogP contribution in [0.5, 0.6) is 0 Å². The Labute approximate surface area is 50.2 Å². The Balaban J connectivity index is 3.57. The zero-order valence-corrected chi connectivity index (χ0v) is 4.96. The highest BCUT2D eigenvalue weighted by Crippen LogP contribution is 1.72. The van der Waals surface area contributed by atoms with Crippen LogP contribution in [-0.4, -0.2) is 13.6 Å². The minimum atomic E-state index is 0.558. The van der Waals surface area contributed by atoms with Gasteiger partial charge in [0.1, 0.15) is 0 Å². The van der Waals surface area contributed by atoms with E-state index in [1.165, 1.54) is 0 Å². The van der Waals surface area contributed by atoms with E-state index < -0.39 is 0 Å². The third-order valence-corrected chi connectivity index (χ3v) is 0.500. The van der Waals surface area contributed by atoms with Gasteiger partial charge in [0.25, 0.3) is 0 Å². The minimum Gasteiger partial charge on any atom is -0.396 e. The van der Waals surface area contributed by atoms with Gasteiger partial charge in [-0.25, -0.2) is 0 Å². The van der Waals surface area contributed by atoms with Crippen molar-refractivity contribution in [1.82, 2.24) is 0 Å². The zero-order chi connectivity index (χ0) is 6.41. The van der Waals surface area contributed by atoms with Gasteiger partial charge >= 0.3 is 0 Å². The van der Waals surface area contributed by atoms with Crippen LogP contribution >= 0.6 is 0 Å². The van der Waals surface area contributed by atoms with Crippen LogP contribution in [0, 0.1) is 0 Å². The molecular formula is C5H9BN2. The molecule has 0 saturated carbocycles. The predicted molar refractivity (Wildman–Crippen MR) is 39.5 cm³/mol. The summed E-state index contributed by atoms with van der Waals surface area (Å²) < 4.78 is 0. The predicted octanol–water partition coefficient (Wildman–Crippen LogP) is -0.366. The molecule has 0 aliphatic rings. The van der Waals surface area contributed by atoms with Gasteiger partial charge in [0.05, 0.1) is 0 Å². The third-order valence-electron chi connectivity index (χ3n) is 0.500. The summed E-state index contributed by atoms with van der Waals surface area (Å²) in [5.41, 5.74) is 5.76. The molecule has 42 valence electrons. The van der Waals surface area contributed by atoms with E-state index in [0.717, 1.165) is 0 Å². The van der Waals surface area contributed by atoms with Gasteiger partial charge in [0, 0.05) is 11.9 Å². The average Bonchev–Trinajstić information content (AvgIpc) is 1.66. The second-order valence-electron chi connectivity index (χ2n) is 1.35. The number of hydrogen-bond acceptors (Lipinski definition) is 1. The molecule has 2 nitrogen and oxygen atoms in total. The van der Waals surface area contributed by atoms with E-state index >= 15 is 0 Å². The van der Waals surface area contributed by atoms with Crippen molar-refractivity contribution in [3.63, 3.8) is 0 Å². The quantitative estimate of drug-likeness (QED) is 0.223. The molecular weight excluding hydrogens is 98.9 g/mol. The molecule has 0 fully saturated rings. The molecule has 2 N–H and O–H groups in total. The Bertz CT molecular complexity index is 122. The van der Waals surface area contributed by atoms with Crippen molar-refractivity contribution in [2.75, 3.05) is 0 Å². The van der Waals surface area contributed by atoms with Crippen molar-refractivity contribution in [3.8, 4) is 0 Å². The van der Waals surface area contributed by atoms with Gasteiger partial charge in [-0.15, -0.1) is 0 Å². The molecule has 8 heavy (non-hydrogen) atoms. The first-order valence-corrected chi connectivity index (χ1v) is 2.35. The van der Waals surface area contributed by atoms with Crippen molar-refractivity contribution in [1.29, 1.82) is 0 Å². The molecule has 0 amide bonds. The molecule has 0 aliphatic heterocycles. The lowest BCUT2D eigenvalue weighted by Gasteiger charge is -1.80. The number of aliphatic imine (C=N–C) groups is 1. The van der Waals surface area contributed by atoms with Crippen LogP contribution in [0.15, 0.2) is 29.9 Å². The molecule has 0 aromatic carbocycles. The Morgan fingerprint density at radius 2 is 2.38 bits per heavy atom. The number of nitrogens with two attached hydrogens (primary N) is 1. The van der Waals surface area contributed by atoms with E-state index in [9.17, 15) is 0 Å². The van der Waals surface area contributed by atoms with Gasteiger partial charge in [-0.05, 0) is 6.08 Å². The topological polar surface area (TPSA) is 38.4 Å². The highest BCUT2D eigenvalue weighted by Gasteiger charge is 1.68. The lowest BCUT2D eigenvalue weighted by atomic mass is 10.1. The van der Waals surface area contributed by atoms with Gasteiger partial charge in [0.2, 0.25) is 0 Å². The lowest BCUT2D eigenvalue weighted by molar-refractivity contribution is 1.54. The summed E-state index contributed by atoms with van der Waals surface area (Å²) in [7, 11) is 1.73. The van der Waals surface area contributed by atoms with Gasteiger partial charge in [-0.2, -0.15) is 0 Å². The maximum atomic E-state index is 5.20. The van der Waals surface area contributed by atoms with Crippen LogP contribution in [0.4, 0.5) is 0 Å². The molecule has 0 aromatic rings. The van der Waals surface area contributed by atoms with Crippen LogP contribution in [0.2, 0.25) is 0 Å². The standard InChI is InChI=1S/C5H9BN2/c1-2-3-4-8-5(6)7/h2-4H,1,6H2,(H2,7,8)/b4-3-. The molecule has 0 bridgehead atoms. The van der Waals surface area contributed by atoms with Crippen molar-refractivity contribution >= 4 is 13.6 Å². The van der Waals surface area contributed by atoms with Gasteiger partial charge < -0.3 is 5.73 Å². The minimum absolute atomic E-state index is 0.558. The largest absolute Gasteiger partial charge is 0.396 e. The van der Waals surface area contributed by atoms with Gasteiger partial charge in [-0.3, -0.25) is 4.99 Å².